The number of nitrogens with zero attached hydrogens (tertiary/aromatic N) is 2. The van der Waals surface area contributed by atoms with Gasteiger partial charge in [0.25, 0.3) is 0 Å². The molecule has 0 atom stereocenters. The first-order valence-corrected chi connectivity index (χ1v) is 3.22. The van der Waals surface area contributed by atoms with Gasteiger partial charge in [-0.1, -0.05) is 0 Å². The van der Waals surface area contributed by atoms with Gasteiger partial charge in [-0.15, -0.1) is 17.0 Å². The van der Waals surface area contributed by atoms with E-state index in [1.165, 1.54) is 6.07 Å². The van der Waals surface area contributed by atoms with Crippen LogP contribution in [0.2, 0.25) is 0 Å². The third-order valence-corrected chi connectivity index (χ3v) is 1.42. The lowest BCUT2D eigenvalue weighted by Gasteiger charge is -2.00. The van der Waals surface area contributed by atoms with Crippen molar-refractivity contribution in [3.05, 3.63) is 29.3 Å². The van der Waals surface area contributed by atoms with Crippen molar-refractivity contribution in [3.8, 4) is 12.1 Å². The van der Waals surface area contributed by atoms with Gasteiger partial charge < -0.3 is 5.43 Å². The molecule has 0 aliphatic heterocycles. The van der Waals surface area contributed by atoms with Crippen LogP contribution in [0.4, 0.5) is 5.69 Å². The van der Waals surface area contributed by atoms with E-state index in [9.17, 15) is 0 Å². The van der Waals surface area contributed by atoms with Crippen molar-refractivity contribution in [1.82, 2.24) is 0 Å². The monoisotopic (exact) mass is 238 g/mol. The van der Waals surface area contributed by atoms with E-state index in [0.29, 0.717) is 16.8 Å². The number of rotatable bonds is 1. The topological polar surface area (TPSA) is 85.6 Å². The first-order chi connectivity index (χ1) is 5.81. The van der Waals surface area contributed by atoms with E-state index in [2.05, 4.69) is 5.43 Å². The van der Waals surface area contributed by atoms with Crippen LogP contribution in [0.15, 0.2) is 18.2 Å². The van der Waals surface area contributed by atoms with Gasteiger partial charge >= 0.3 is 0 Å². The largest absolute Gasteiger partial charge is 0.323 e. The van der Waals surface area contributed by atoms with E-state index in [0.717, 1.165) is 0 Å². The number of nitrogens with two attached hydrogens (primary N) is 1. The minimum absolute atomic E-state index is 0. The standard InChI is InChI=1S/C8H6N4.BrH/c9-4-6-1-2-8(12-11)7(3-6)5-10;/h1-3,12H,11H2;1H. The Hall–Kier alpha value is -1.56. The van der Waals surface area contributed by atoms with Crippen molar-refractivity contribution in [1.29, 1.82) is 10.5 Å². The van der Waals surface area contributed by atoms with Crippen LogP contribution in [-0.2, 0) is 0 Å². The van der Waals surface area contributed by atoms with Crippen LogP contribution in [0.5, 0.6) is 0 Å². The van der Waals surface area contributed by atoms with E-state index in [4.69, 9.17) is 16.4 Å². The molecule has 0 unspecified atom stereocenters. The van der Waals surface area contributed by atoms with E-state index >= 15 is 0 Å². The summed E-state index contributed by atoms with van der Waals surface area (Å²) >= 11 is 0. The van der Waals surface area contributed by atoms with Crippen LogP contribution in [-0.4, -0.2) is 0 Å². The second-order valence-electron chi connectivity index (χ2n) is 2.13. The number of nitriles is 2. The van der Waals surface area contributed by atoms with Crippen molar-refractivity contribution < 1.29 is 0 Å². The predicted molar refractivity (Wildman–Crippen MR) is 54.0 cm³/mol. The van der Waals surface area contributed by atoms with E-state index in [1.807, 2.05) is 12.1 Å². The maximum absolute atomic E-state index is 8.61. The molecular formula is C8H7BrN4. The fourth-order valence-electron chi connectivity index (χ4n) is 0.832. The normalized spacial score (nSPS) is 7.62. The number of nitrogen functional groups attached to an aromatic ring is 1. The first kappa shape index (κ1) is 11.4. The summed E-state index contributed by atoms with van der Waals surface area (Å²) in [5.74, 6) is 5.13. The van der Waals surface area contributed by atoms with Crippen LogP contribution in [0.25, 0.3) is 0 Å². The summed E-state index contributed by atoms with van der Waals surface area (Å²) in [6.45, 7) is 0. The number of benzene rings is 1. The fraction of sp³-hybridized carbons (Fsp3) is 0. The van der Waals surface area contributed by atoms with Gasteiger partial charge in [0.1, 0.15) is 6.07 Å². The molecule has 5 heteroatoms. The first-order valence-electron chi connectivity index (χ1n) is 3.22. The Morgan fingerprint density at radius 3 is 2.38 bits per heavy atom. The number of nitrogens with one attached hydrogen (secondary N) is 1. The number of anilines is 1. The highest BCUT2D eigenvalue weighted by molar-refractivity contribution is 8.93. The van der Waals surface area contributed by atoms with Crippen molar-refractivity contribution in [2.24, 2.45) is 5.84 Å². The molecule has 0 radical (unpaired) electrons. The molecule has 4 nitrogen and oxygen atoms in total. The molecule has 0 fully saturated rings. The van der Waals surface area contributed by atoms with Crippen molar-refractivity contribution in [2.45, 2.75) is 0 Å². The molecule has 0 spiro atoms. The van der Waals surface area contributed by atoms with Crippen molar-refractivity contribution in [2.75, 3.05) is 5.43 Å². The summed E-state index contributed by atoms with van der Waals surface area (Å²) in [4.78, 5) is 0. The number of hydrogen-bond acceptors (Lipinski definition) is 4. The third kappa shape index (κ3) is 2.45. The van der Waals surface area contributed by atoms with Gasteiger partial charge in [-0.3, -0.25) is 5.84 Å². The minimum Gasteiger partial charge on any atom is -0.323 e. The lowest BCUT2D eigenvalue weighted by atomic mass is 10.1. The molecule has 0 aromatic heterocycles. The van der Waals surface area contributed by atoms with E-state index in [1.54, 1.807) is 12.1 Å². The molecule has 0 amide bonds. The zero-order valence-electron chi connectivity index (χ0n) is 6.61. The van der Waals surface area contributed by atoms with E-state index in [-0.39, 0.29) is 17.0 Å². The molecular weight excluding hydrogens is 232 g/mol. The zero-order chi connectivity index (χ0) is 8.97. The average molecular weight is 239 g/mol. The molecule has 0 aliphatic rings. The highest BCUT2D eigenvalue weighted by Gasteiger charge is 2.00. The molecule has 13 heavy (non-hydrogen) atoms. The molecule has 3 N–H and O–H groups in total. The maximum atomic E-state index is 8.61. The highest BCUT2D eigenvalue weighted by Crippen LogP contribution is 2.14. The van der Waals surface area contributed by atoms with E-state index < -0.39 is 0 Å². The molecule has 0 bridgehead atoms. The Kier molecular flexibility index (Phi) is 4.53. The van der Waals surface area contributed by atoms with Gasteiger partial charge in [-0.2, -0.15) is 10.5 Å². The van der Waals surface area contributed by atoms with Gasteiger partial charge in [0.2, 0.25) is 0 Å². The van der Waals surface area contributed by atoms with Crippen LogP contribution in [0, 0.1) is 22.7 Å². The SMILES string of the molecule is Br.N#Cc1ccc(NN)c(C#N)c1. The third-order valence-electron chi connectivity index (χ3n) is 1.42. The summed E-state index contributed by atoms with van der Waals surface area (Å²) in [7, 11) is 0. The Labute approximate surface area is 86.3 Å². The Morgan fingerprint density at radius 2 is 1.92 bits per heavy atom. The predicted octanol–water partition coefficient (Wildman–Crippen LogP) is 1.29. The molecule has 0 aliphatic carbocycles. The average Bonchev–Trinajstić information content (AvgIpc) is 2.16. The smallest absolute Gasteiger partial charge is 0.101 e. The highest BCUT2D eigenvalue weighted by atomic mass is 79.9. The van der Waals surface area contributed by atoms with Crippen LogP contribution in [0.1, 0.15) is 11.1 Å². The molecule has 1 rings (SSSR count). The van der Waals surface area contributed by atoms with Gasteiger partial charge in [0.15, 0.2) is 0 Å². The molecule has 0 saturated carbocycles. The van der Waals surface area contributed by atoms with Crippen molar-refractivity contribution in [3.63, 3.8) is 0 Å². The van der Waals surface area contributed by atoms with Crippen LogP contribution < -0.4 is 11.3 Å². The Bertz CT molecular complexity index is 375. The Balaban J connectivity index is 0.00000144. The number of halogens is 1. The maximum Gasteiger partial charge on any atom is 0.101 e. The van der Waals surface area contributed by atoms with Gasteiger partial charge in [0, 0.05) is 0 Å². The van der Waals surface area contributed by atoms with Gasteiger partial charge in [-0.05, 0) is 18.2 Å². The molecule has 1 aromatic rings. The lowest BCUT2D eigenvalue weighted by Crippen LogP contribution is -2.08. The van der Waals surface area contributed by atoms with Gasteiger partial charge in [-0.25, -0.2) is 0 Å². The summed E-state index contributed by atoms with van der Waals surface area (Å²) in [5.41, 5.74) is 3.71. The molecule has 66 valence electrons. The van der Waals surface area contributed by atoms with Gasteiger partial charge in [0.05, 0.1) is 22.9 Å². The summed E-state index contributed by atoms with van der Waals surface area (Å²) < 4.78 is 0. The number of hydrazine groups is 1. The second-order valence-corrected chi connectivity index (χ2v) is 2.13. The summed E-state index contributed by atoms with van der Waals surface area (Å²) in [6, 6.07) is 8.53. The summed E-state index contributed by atoms with van der Waals surface area (Å²) in [6.07, 6.45) is 0. The Morgan fingerprint density at radius 1 is 1.23 bits per heavy atom. The fourth-order valence-corrected chi connectivity index (χ4v) is 0.832. The molecule has 0 heterocycles. The minimum atomic E-state index is 0. The van der Waals surface area contributed by atoms with Crippen molar-refractivity contribution >= 4 is 22.7 Å². The second kappa shape index (κ2) is 5.15. The molecule has 0 saturated heterocycles. The summed E-state index contributed by atoms with van der Waals surface area (Å²) in [5, 5.41) is 17.1. The quantitative estimate of drug-likeness (QED) is 0.571. The molecule has 1 aromatic carbocycles. The lowest BCUT2D eigenvalue weighted by molar-refractivity contribution is 1.33. The van der Waals surface area contributed by atoms with Crippen LogP contribution >= 0.6 is 17.0 Å². The van der Waals surface area contributed by atoms with Crippen LogP contribution in [0.3, 0.4) is 0 Å². The zero-order valence-corrected chi connectivity index (χ0v) is 8.33. The number of hydrogen-bond donors (Lipinski definition) is 2.